The molecule has 1 aromatic carbocycles. The summed E-state index contributed by atoms with van der Waals surface area (Å²) in [5.74, 6) is 0.206. The van der Waals surface area contributed by atoms with Crippen molar-refractivity contribution < 1.29 is 17.9 Å². The number of hydrogen-bond donors (Lipinski definition) is 1. The molecule has 0 amide bonds. The lowest BCUT2D eigenvalue weighted by Crippen LogP contribution is -2.15. The lowest BCUT2D eigenvalue weighted by Gasteiger charge is -2.10. The van der Waals surface area contributed by atoms with Gasteiger partial charge in [-0.2, -0.15) is 0 Å². The first kappa shape index (κ1) is 15.0. The third-order valence-corrected chi connectivity index (χ3v) is 4.38. The zero-order valence-corrected chi connectivity index (χ0v) is 12.3. The van der Waals surface area contributed by atoms with Crippen molar-refractivity contribution in [3.05, 3.63) is 29.3 Å². The number of carbonyl (C=O) groups excluding carboxylic acids is 1. The zero-order chi connectivity index (χ0) is 14.8. The first-order chi connectivity index (χ1) is 9.41. The average molecular weight is 297 g/mol. The maximum atomic E-state index is 12.0. The van der Waals surface area contributed by atoms with Crippen LogP contribution >= 0.6 is 0 Å². The van der Waals surface area contributed by atoms with Crippen LogP contribution in [0.1, 0.15) is 42.1 Å². The lowest BCUT2D eigenvalue weighted by molar-refractivity contribution is 0.0493. The fourth-order valence-electron chi connectivity index (χ4n) is 2.03. The van der Waals surface area contributed by atoms with Crippen molar-refractivity contribution >= 4 is 16.0 Å². The number of aryl methyl sites for hydroxylation is 1. The van der Waals surface area contributed by atoms with Gasteiger partial charge in [0.05, 0.1) is 17.1 Å². The fraction of sp³-hybridized carbons (Fsp3) is 0.500. The lowest BCUT2D eigenvalue weighted by atomic mass is 10.1. The quantitative estimate of drug-likeness (QED) is 0.812. The van der Waals surface area contributed by atoms with E-state index in [-0.39, 0.29) is 10.5 Å². The van der Waals surface area contributed by atoms with Gasteiger partial charge in [-0.05, 0) is 36.5 Å². The SMILES string of the molecule is CCc1ccc(S(N)(=O)=O)cc1C(=O)OCCC1CC1. The number of rotatable bonds is 6. The third-order valence-electron chi connectivity index (χ3n) is 3.47. The van der Waals surface area contributed by atoms with Gasteiger partial charge in [-0.1, -0.05) is 25.8 Å². The van der Waals surface area contributed by atoms with Crippen molar-refractivity contribution in [2.24, 2.45) is 11.1 Å². The molecule has 1 saturated carbocycles. The summed E-state index contributed by atoms with van der Waals surface area (Å²) in [6, 6.07) is 4.32. The summed E-state index contributed by atoms with van der Waals surface area (Å²) in [5, 5.41) is 5.09. The Hall–Kier alpha value is -1.40. The maximum Gasteiger partial charge on any atom is 0.338 e. The molecule has 5 nitrogen and oxygen atoms in total. The van der Waals surface area contributed by atoms with Crippen LogP contribution in [0.5, 0.6) is 0 Å². The van der Waals surface area contributed by atoms with Gasteiger partial charge in [-0.3, -0.25) is 0 Å². The summed E-state index contributed by atoms with van der Waals surface area (Å²) in [4.78, 5) is 12.0. The number of benzene rings is 1. The van der Waals surface area contributed by atoms with Crippen molar-refractivity contribution in [2.45, 2.75) is 37.5 Å². The second kappa shape index (κ2) is 5.93. The number of esters is 1. The van der Waals surface area contributed by atoms with Crippen LogP contribution < -0.4 is 5.14 Å². The molecule has 0 heterocycles. The van der Waals surface area contributed by atoms with Crippen LogP contribution in [0.3, 0.4) is 0 Å². The molecule has 6 heteroatoms. The fourth-order valence-corrected chi connectivity index (χ4v) is 2.57. The van der Waals surface area contributed by atoms with E-state index in [2.05, 4.69) is 0 Å². The molecule has 0 spiro atoms. The van der Waals surface area contributed by atoms with E-state index in [4.69, 9.17) is 9.88 Å². The molecule has 1 aliphatic rings. The van der Waals surface area contributed by atoms with Gasteiger partial charge in [0.15, 0.2) is 0 Å². The highest BCUT2D eigenvalue weighted by atomic mass is 32.2. The standard InChI is InChI=1S/C14H19NO4S/c1-2-11-5-6-12(20(15,17)18)9-13(11)14(16)19-8-7-10-3-4-10/h5-6,9-10H,2-4,7-8H2,1H3,(H2,15,17,18). The van der Waals surface area contributed by atoms with Crippen LogP contribution in [0.25, 0.3) is 0 Å². The Morgan fingerprint density at radius 1 is 1.40 bits per heavy atom. The van der Waals surface area contributed by atoms with Gasteiger partial charge in [0.2, 0.25) is 10.0 Å². The Morgan fingerprint density at radius 3 is 2.65 bits per heavy atom. The van der Waals surface area contributed by atoms with E-state index in [1.165, 1.54) is 25.0 Å². The summed E-state index contributed by atoms with van der Waals surface area (Å²) >= 11 is 0. The average Bonchev–Trinajstić information content (AvgIpc) is 3.21. The first-order valence-electron chi connectivity index (χ1n) is 6.74. The molecule has 110 valence electrons. The van der Waals surface area contributed by atoms with Gasteiger partial charge in [0.25, 0.3) is 0 Å². The number of hydrogen-bond acceptors (Lipinski definition) is 4. The highest BCUT2D eigenvalue weighted by molar-refractivity contribution is 7.89. The van der Waals surface area contributed by atoms with Crippen LogP contribution in [-0.2, 0) is 21.2 Å². The van der Waals surface area contributed by atoms with Crippen molar-refractivity contribution in [3.63, 3.8) is 0 Å². The largest absolute Gasteiger partial charge is 0.462 e. The summed E-state index contributed by atoms with van der Waals surface area (Å²) < 4.78 is 27.9. The molecule has 0 bridgehead atoms. The Balaban J connectivity index is 2.15. The van der Waals surface area contributed by atoms with E-state index in [9.17, 15) is 13.2 Å². The Labute approximate surface area is 119 Å². The Bertz CT molecular complexity index is 606. The van der Waals surface area contributed by atoms with Gasteiger partial charge in [-0.15, -0.1) is 0 Å². The number of sulfonamides is 1. The maximum absolute atomic E-state index is 12.0. The minimum atomic E-state index is -3.82. The highest BCUT2D eigenvalue weighted by Gasteiger charge is 2.22. The normalized spacial score (nSPS) is 15.1. The third kappa shape index (κ3) is 3.80. The summed E-state index contributed by atoms with van der Waals surface area (Å²) in [6.07, 6.45) is 3.91. The van der Waals surface area contributed by atoms with Crippen LogP contribution in [0.4, 0.5) is 0 Å². The van der Waals surface area contributed by atoms with Crippen LogP contribution in [0.2, 0.25) is 0 Å². The Kier molecular flexibility index (Phi) is 4.45. The molecular formula is C14H19NO4S. The molecule has 2 N–H and O–H groups in total. The molecule has 1 aliphatic carbocycles. The first-order valence-corrected chi connectivity index (χ1v) is 8.29. The van der Waals surface area contributed by atoms with Crippen molar-refractivity contribution in [3.8, 4) is 0 Å². The van der Waals surface area contributed by atoms with Gasteiger partial charge in [0.1, 0.15) is 0 Å². The number of carbonyl (C=O) groups is 1. The van der Waals surface area contributed by atoms with E-state index in [0.29, 0.717) is 18.9 Å². The molecule has 2 rings (SSSR count). The molecule has 1 fully saturated rings. The molecule has 1 aromatic rings. The smallest absolute Gasteiger partial charge is 0.338 e. The second-order valence-corrected chi connectivity index (χ2v) is 6.65. The van der Waals surface area contributed by atoms with Gasteiger partial charge >= 0.3 is 5.97 Å². The molecule has 0 saturated heterocycles. The van der Waals surface area contributed by atoms with E-state index in [1.54, 1.807) is 6.07 Å². The monoisotopic (exact) mass is 297 g/mol. The molecule has 0 unspecified atom stereocenters. The van der Waals surface area contributed by atoms with Crippen LogP contribution in [-0.4, -0.2) is 21.0 Å². The molecule has 0 aliphatic heterocycles. The number of nitrogens with two attached hydrogens (primary N) is 1. The van der Waals surface area contributed by atoms with Crippen molar-refractivity contribution in [1.82, 2.24) is 0 Å². The predicted molar refractivity (Wildman–Crippen MR) is 74.8 cm³/mol. The van der Waals surface area contributed by atoms with E-state index >= 15 is 0 Å². The van der Waals surface area contributed by atoms with E-state index in [1.807, 2.05) is 6.92 Å². The van der Waals surface area contributed by atoms with Crippen LogP contribution in [0.15, 0.2) is 23.1 Å². The van der Waals surface area contributed by atoms with Crippen molar-refractivity contribution in [1.29, 1.82) is 0 Å². The van der Waals surface area contributed by atoms with E-state index in [0.717, 1.165) is 12.0 Å². The molecule has 0 aromatic heterocycles. The summed E-state index contributed by atoms with van der Waals surface area (Å²) in [5.41, 5.74) is 1.05. The Morgan fingerprint density at radius 2 is 2.10 bits per heavy atom. The number of ether oxygens (including phenoxy) is 1. The second-order valence-electron chi connectivity index (χ2n) is 5.09. The van der Waals surface area contributed by atoms with Gasteiger partial charge in [-0.25, -0.2) is 18.4 Å². The van der Waals surface area contributed by atoms with Gasteiger partial charge < -0.3 is 4.74 Å². The molecule has 0 radical (unpaired) electrons. The number of primary sulfonamides is 1. The van der Waals surface area contributed by atoms with Crippen molar-refractivity contribution in [2.75, 3.05) is 6.61 Å². The zero-order valence-electron chi connectivity index (χ0n) is 11.5. The minimum Gasteiger partial charge on any atom is -0.462 e. The molecular weight excluding hydrogens is 278 g/mol. The summed E-state index contributed by atoms with van der Waals surface area (Å²) in [6.45, 7) is 2.28. The molecule has 0 atom stereocenters. The highest BCUT2D eigenvalue weighted by Crippen LogP contribution is 2.32. The van der Waals surface area contributed by atoms with E-state index < -0.39 is 16.0 Å². The minimum absolute atomic E-state index is 0.0659. The topological polar surface area (TPSA) is 86.5 Å². The summed E-state index contributed by atoms with van der Waals surface area (Å²) in [7, 11) is -3.82. The predicted octanol–water partition coefficient (Wildman–Crippen LogP) is 1.85. The van der Waals surface area contributed by atoms with Gasteiger partial charge in [0, 0.05) is 0 Å². The molecule has 20 heavy (non-hydrogen) atoms. The van der Waals surface area contributed by atoms with Crippen LogP contribution in [0, 0.1) is 5.92 Å².